The molecule has 0 bridgehead atoms. The Labute approximate surface area is 181 Å². The molecule has 2 heteroatoms. The molecule has 3 unspecified atom stereocenters. The van der Waals surface area contributed by atoms with Gasteiger partial charge in [0.2, 0.25) is 0 Å². The van der Waals surface area contributed by atoms with Gasteiger partial charge >= 0.3 is 0 Å². The molecule has 1 aromatic heterocycles. The third-order valence-electron chi connectivity index (χ3n) is 8.20. The number of rotatable bonds is 1. The molecule has 2 heterocycles. The van der Waals surface area contributed by atoms with Gasteiger partial charge in [0, 0.05) is 32.3 Å². The third-order valence-corrected chi connectivity index (χ3v) is 9.34. The first-order valence-electron chi connectivity index (χ1n) is 11.4. The van der Waals surface area contributed by atoms with Gasteiger partial charge in [-0.1, -0.05) is 35.9 Å². The van der Waals surface area contributed by atoms with Crippen LogP contribution < -0.4 is 4.90 Å². The lowest BCUT2D eigenvalue weighted by atomic mass is 9.71. The summed E-state index contributed by atoms with van der Waals surface area (Å²) in [6.07, 6.45) is 14.2. The van der Waals surface area contributed by atoms with E-state index in [1.54, 1.807) is 38.1 Å². The quantitative estimate of drug-likeness (QED) is 0.405. The highest BCUT2D eigenvalue weighted by Crippen LogP contribution is 2.57. The van der Waals surface area contributed by atoms with Crippen LogP contribution in [0.4, 0.5) is 11.4 Å². The summed E-state index contributed by atoms with van der Waals surface area (Å²) in [6, 6.07) is 16.3. The van der Waals surface area contributed by atoms with E-state index < -0.39 is 0 Å². The Morgan fingerprint density at radius 1 is 0.900 bits per heavy atom. The molecule has 2 fully saturated rings. The van der Waals surface area contributed by atoms with Crippen molar-refractivity contribution in [2.24, 2.45) is 5.92 Å². The molecule has 1 nitrogen and oxygen atoms in total. The second kappa shape index (κ2) is 5.56. The van der Waals surface area contributed by atoms with Gasteiger partial charge in [-0.25, -0.2) is 0 Å². The van der Waals surface area contributed by atoms with E-state index in [0.717, 1.165) is 5.92 Å². The molecule has 8 rings (SSSR count). The summed E-state index contributed by atoms with van der Waals surface area (Å²) in [5.41, 5.74) is 10.9. The highest BCUT2D eigenvalue weighted by atomic mass is 32.1. The number of fused-ring (bicyclic) bond motifs is 9. The monoisotopic (exact) mass is 405 g/mol. The molecule has 0 radical (unpaired) electrons. The van der Waals surface area contributed by atoms with Crippen molar-refractivity contribution in [1.82, 2.24) is 0 Å². The zero-order valence-electron chi connectivity index (χ0n) is 16.9. The van der Waals surface area contributed by atoms with Crippen LogP contribution in [0.3, 0.4) is 0 Å². The lowest BCUT2D eigenvalue weighted by Gasteiger charge is -2.35. The number of thiophene rings is 1. The predicted octanol–water partition coefficient (Wildman–Crippen LogP) is 7.51. The molecule has 146 valence electrons. The molecule has 0 amide bonds. The number of hydrogen-bond acceptors (Lipinski definition) is 2. The minimum absolute atomic E-state index is 0.418. The van der Waals surface area contributed by atoms with Crippen molar-refractivity contribution < 1.29 is 0 Å². The molecular formula is C28H23NS. The third kappa shape index (κ3) is 1.94. The van der Waals surface area contributed by atoms with Crippen molar-refractivity contribution in [2.45, 2.75) is 44.1 Å². The van der Waals surface area contributed by atoms with Crippen molar-refractivity contribution in [1.29, 1.82) is 0 Å². The SMILES string of the molecule is C1=C2CCC2=CC2C1c1c(ccc3sc4c(c13)CC1CCC1=C4)N2c1ccccc1. The largest absolute Gasteiger partial charge is 0.333 e. The van der Waals surface area contributed by atoms with Crippen molar-refractivity contribution >= 4 is 38.9 Å². The average Bonchev–Trinajstić information content (AvgIpc) is 3.25. The van der Waals surface area contributed by atoms with Gasteiger partial charge in [0.05, 0.1) is 6.04 Å². The van der Waals surface area contributed by atoms with E-state index in [2.05, 4.69) is 65.6 Å². The fourth-order valence-corrected chi connectivity index (χ4v) is 7.70. The predicted molar refractivity (Wildman–Crippen MR) is 127 cm³/mol. The molecule has 2 saturated carbocycles. The first-order chi connectivity index (χ1) is 14.8. The fourth-order valence-electron chi connectivity index (χ4n) is 6.48. The lowest BCUT2D eigenvalue weighted by Crippen LogP contribution is -2.31. The van der Waals surface area contributed by atoms with Crippen molar-refractivity contribution in [3.8, 4) is 0 Å². The highest BCUT2D eigenvalue weighted by molar-refractivity contribution is 7.20. The maximum absolute atomic E-state index is 2.63. The van der Waals surface area contributed by atoms with Gasteiger partial charge in [0.15, 0.2) is 0 Å². The molecule has 5 aliphatic rings. The smallest absolute Gasteiger partial charge is 0.0632 e. The first-order valence-corrected chi connectivity index (χ1v) is 12.2. The lowest BCUT2D eigenvalue weighted by molar-refractivity contribution is 0.442. The van der Waals surface area contributed by atoms with Crippen LogP contribution in [0.1, 0.15) is 47.6 Å². The number of nitrogens with zero attached hydrogens (tertiary/aromatic N) is 1. The summed E-state index contributed by atoms with van der Waals surface area (Å²) in [5, 5.41) is 1.59. The Morgan fingerprint density at radius 3 is 2.57 bits per heavy atom. The zero-order chi connectivity index (χ0) is 19.4. The van der Waals surface area contributed by atoms with E-state index in [9.17, 15) is 0 Å². The summed E-state index contributed by atoms with van der Waals surface area (Å²) in [4.78, 5) is 4.16. The van der Waals surface area contributed by atoms with Gasteiger partial charge in [-0.15, -0.1) is 11.3 Å². The Balaban J connectivity index is 1.42. The Kier molecular flexibility index (Phi) is 2.99. The van der Waals surface area contributed by atoms with E-state index in [1.165, 1.54) is 48.2 Å². The van der Waals surface area contributed by atoms with Crippen molar-refractivity contribution in [3.63, 3.8) is 0 Å². The molecular weight excluding hydrogens is 382 g/mol. The van der Waals surface area contributed by atoms with Gasteiger partial charge in [-0.3, -0.25) is 0 Å². The van der Waals surface area contributed by atoms with E-state index in [0.29, 0.717) is 12.0 Å². The Hall–Kier alpha value is -2.58. The van der Waals surface area contributed by atoms with Crippen LogP contribution in [0.2, 0.25) is 0 Å². The first kappa shape index (κ1) is 16.2. The van der Waals surface area contributed by atoms with Crippen LogP contribution in [0.5, 0.6) is 0 Å². The number of allylic oxidation sites excluding steroid dienone is 3. The molecule has 4 aliphatic carbocycles. The van der Waals surface area contributed by atoms with Crippen molar-refractivity contribution in [3.05, 3.63) is 87.3 Å². The molecule has 0 N–H and O–H groups in total. The molecule has 3 atom stereocenters. The number of hydrogen-bond donors (Lipinski definition) is 0. The summed E-state index contributed by atoms with van der Waals surface area (Å²) >= 11 is 2.03. The zero-order valence-corrected chi connectivity index (χ0v) is 17.7. The van der Waals surface area contributed by atoms with Crippen LogP contribution in [0, 0.1) is 5.92 Å². The normalized spacial score (nSPS) is 27.5. The molecule has 1 aliphatic heterocycles. The van der Waals surface area contributed by atoms with Crippen LogP contribution in [0.15, 0.2) is 71.3 Å². The minimum Gasteiger partial charge on any atom is -0.333 e. The number of anilines is 2. The van der Waals surface area contributed by atoms with E-state index in [-0.39, 0.29) is 0 Å². The van der Waals surface area contributed by atoms with Crippen molar-refractivity contribution in [2.75, 3.05) is 4.90 Å². The van der Waals surface area contributed by atoms with Gasteiger partial charge in [0.25, 0.3) is 0 Å². The second-order valence-electron chi connectivity index (χ2n) is 9.58. The summed E-state index contributed by atoms with van der Waals surface area (Å²) in [6.45, 7) is 0. The van der Waals surface area contributed by atoms with Gasteiger partial charge < -0.3 is 4.90 Å². The van der Waals surface area contributed by atoms with Gasteiger partial charge in [-0.05, 0) is 90.6 Å². The standard InChI is InChI=1S/C28H23NS/c1-2-4-20(5-3-1)29-23-10-11-25-28(22-13-17-7-9-19(17)15-26(22)30-25)27(23)21-12-16-6-8-18(16)14-24(21)29/h1-5,10-12,14-15,17,21,24H,6-9,13H2. The topological polar surface area (TPSA) is 3.24 Å². The molecule has 30 heavy (non-hydrogen) atoms. The number of benzene rings is 2. The van der Waals surface area contributed by atoms with Crippen LogP contribution in [0.25, 0.3) is 16.2 Å². The average molecular weight is 406 g/mol. The van der Waals surface area contributed by atoms with E-state index in [4.69, 9.17) is 0 Å². The molecule has 3 aromatic rings. The molecule has 0 saturated heterocycles. The second-order valence-corrected chi connectivity index (χ2v) is 10.7. The van der Waals surface area contributed by atoms with E-state index in [1.807, 2.05) is 11.3 Å². The molecule has 2 aromatic carbocycles. The van der Waals surface area contributed by atoms with Crippen LogP contribution in [-0.4, -0.2) is 6.04 Å². The maximum atomic E-state index is 2.63. The van der Waals surface area contributed by atoms with Gasteiger partial charge in [0.1, 0.15) is 0 Å². The molecule has 0 spiro atoms. The summed E-state index contributed by atoms with van der Waals surface area (Å²) in [7, 11) is 0. The summed E-state index contributed by atoms with van der Waals surface area (Å²) < 4.78 is 1.49. The van der Waals surface area contributed by atoms with Gasteiger partial charge in [-0.2, -0.15) is 0 Å². The van der Waals surface area contributed by atoms with Crippen LogP contribution >= 0.6 is 11.3 Å². The summed E-state index contributed by atoms with van der Waals surface area (Å²) in [5.74, 6) is 1.30. The highest BCUT2D eigenvalue weighted by Gasteiger charge is 2.43. The maximum Gasteiger partial charge on any atom is 0.0632 e. The number of para-hydroxylation sites is 1. The fraction of sp³-hybridized carbons (Fsp3) is 0.286. The Bertz CT molecular complexity index is 1340. The van der Waals surface area contributed by atoms with E-state index >= 15 is 0 Å². The minimum atomic E-state index is 0.418. The van der Waals surface area contributed by atoms with Crippen LogP contribution in [-0.2, 0) is 6.42 Å². The Morgan fingerprint density at radius 2 is 1.77 bits per heavy atom.